The monoisotopic (exact) mass is 440 g/mol. The van der Waals surface area contributed by atoms with Crippen LogP contribution in [0.2, 0.25) is 0 Å². The molecule has 0 fully saturated rings. The quantitative estimate of drug-likeness (QED) is 0.267. The minimum absolute atomic E-state index is 0.0399. The zero-order chi connectivity index (χ0) is 20.0. The Morgan fingerprint density at radius 2 is 1.38 bits per heavy atom. The fraction of sp³-hybridized carbons (Fsp3) is 0.0385. The van der Waals surface area contributed by atoms with Crippen molar-refractivity contribution in [1.82, 2.24) is 0 Å². The lowest BCUT2D eigenvalue weighted by atomic mass is 9.90. The lowest BCUT2D eigenvalue weighted by molar-refractivity contribution is 0.101. The third kappa shape index (κ3) is 2.99. The number of hydrogen-bond donors (Lipinski definition) is 0. The average molecular weight is 441 g/mol. The molecule has 0 saturated carbocycles. The van der Waals surface area contributed by atoms with Crippen molar-refractivity contribution in [1.29, 1.82) is 0 Å². The highest BCUT2D eigenvalue weighted by Gasteiger charge is 2.17. The number of carbonyl (C=O) groups excluding carboxylic acids is 1. The van der Waals surface area contributed by atoms with Crippen LogP contribution in [0.3, 0.4) is 0 Å². The average Bonchev–Trinajstić information content (AvgIpc) is 3.12. The summed E-state index contributed by atoms with van der Waals surface area (Å²) in [4.78, 5) is 12.3. The van der Waals surface area contributed by atoms with Crippen molar-refractivity contribution in [3.8, 4) is 22.3 Å². The Labute approximate surface area is 176 Å². The number of benzene rings is 4. The van der Waals surface area contributed by atoms with Gasteiger partial charge in [-0.05, 0) is 41.8 Å². The van der Waals surface area contributed by atoms with E-state index in [1.165, 1.54) is 0 Å². The van der Waals surface area contributed by atoms with Gasteiger partial charge in [0.1, 0.15) is 11.2 Å². The highest BCUT2D eigenvalue weighted by Crippen LogP contribution is 2.40. The summed E-state index contributed by atoms with van der Waals surface area (Å²) in [6.45, 7) is 1.61. The van der Waals surface area contributed by atoms with E-state index in [2.05, 4.69) is 52.3 Å². The van der Waals surface area contributed by atoms with Crippen molar-refractivity contribution >= 4 is 43.7 Å². The van der Waals surface area contributed by atoms with Crippen molar-refractivity contribution in [3.63, 3.8) is 0 Å². The molecule has 0 saturated heterocycles. The van der Waals surface area contributed by atoms with Crippen molar-refractivity contribution in [2.24, 2.45) is 0 Å². The predicted octanol–water partition coefficient (Wildman–Crippen LogP) is 7.89. The van der Waals surface area contributed by atoms with E-state index in [-0.39, 0.29) is 5.78 Å². The number of fused-ring (bicyclic) bond motifs is 3. The van der Waals surface area contributed by atoms with Crippen molar-refractivity contribution in [2.75, 3.05) is 0 Å². The topological polar surface area (TPSA) is 30.2 Å². The van der Waals surface area contributed by atoms with Gasteiger partial charge in [-0.25, -0.2) is 0 Å². The zero-order valence-electron chi connectivity index (χ0n) is 15.8. The number of para-hydroxylation sites is 2. The molecule has 3 heteroatoms. The minimum atomic E-state index is 0.0399. The van der Waals surface area contributed by atoms with Gasteiger partial charge in [0.15, 0.2) is 5.78 Å². The van der Waals surface area contributed by atoms with Gasteiger partial charge in [-0.1, -0.05) is 82.7 Å². The number of ketones is 1. The van der Waals surface area contributed by atoms with Crippen molar-refractivity contribution in [2.45, 2.75) is 6.92 Å². The molecule has 2 nitrogen and oxygen atoms in total. The molecule has 0 aliphatic heterocycles. The van der Waals surface area contributed by atoms with Gasteiger partial charge in [-0.2, -0.15) is 0 Å². The van der Waals surface area contributed by atoms with Gasteiger partial charge in [0.05, 0.1) is 0 Å². The van der Waals surface area contributed by atoms with E-state index in [4.69, 9.17) is 4.42 Å². The normalized spacial score (nSPS) is 11.2. The number of furan rings is 1. The molecule has 4 aromatic carbocycles. The van der Waals surface area contributed by atoms with Crippen molar-refractivity contribution < 1.29 is 9.21 Å². The minimum Gasteiger partial charge on any atom is -0.455 e. The first-order valence-electron chi connectivity index (χ1n) is 9.44. The second-order valence-electron chi connectivity index (χ2n) is 7.07. The van der Waals surface area contributed by atoms with Gasteiger partial charge >= 0.3 is 0 Å². The second kappa shape index (κ2) is 7.02. The summed E-state index contributed by atoms with van der Waals surface area (Å²) in [7, 11) is 0. The molecular weight excluding hydrogens is 424 g/mol. The highest BCUT2D eigenvalue weighted by molar-refractivity contribution is 9.10. The van der Waals surface area contributed by atoms with Crippen LogP contribution in [0.15, 0.2) is 93.8 Å². The first-order chi connectivity index (χ1) is 14.1. The third-order valence-electron chi connectivity index (χ3n) is 5.27. The summed E-state index contributed by atoms with van der Waals surface area (Å²) in [5, 5.41) is 2.20. The van der Waals surface area contributed by atoms with Crippen LogP contribution in [0, 0.1) is 0 Å². The van der Waals surface area contributed by atoms with Gasteiger partial charge in [0.2, 0.25) is 0 Å². The molecule has 5 rings (SSSR count). The third-order valence-corrected chi connectivity index (χ3v) is 5.77. The molecule has 5 aromatic rings. The molecule has 0 spiro atoms. The molecule has 140 valence electrons. The van der Waals surface area contributed by atoms with Gasteiger partial charge in [-0.3, -0.25) is 4.79 Å². The van der Waals surface area contributed by atoms with E-state index < -0.39 is 0 Å². The van der Waals surface area contributed by atoms with Crippen LogP contribution in [0.5, 0.6) is 0 Å². The molecule has 0 atom stereocenters. The largest absolute Gasteiger partial charge is 0.455 e. The molecule has 29 heavy (non-hydrogen) atoms. The van der Waals surface area contributed by atoms with E-state index in [0.717, 1.165) is 48.7 Å². The Morgan fingerprint density at radius 1 is 0.724 bits per heavy atom. The lowest BCUT2D eigenvalue weighted by Gasteiger charge is -2.14. The summed E-state index contributed by atoms with van der Waals surface area (Å²) in [6, 6.07) is 28.3. The maximum Gasteiger partial charge on any atom is 0.160 e. The molecule has 0 unspecified atom stereocenters. The molecule has 1 aromatic heterocycles. The molecule has 0 radical (unpaired) electrons. The Hall–Kier alpha value is -3.17. The number of carbonyl (C=O) groups is 1. The van der Waals surface area contributed by atoms with Gasteiger partial charge in [0.25, 0.3) is 0 Å². The first kappa shape index (κ1) is 17.9. The molecule has 0 aliphatic carbocycles. The fourth-order valence-electron chi connectivity index (χ4n) is 3.95. The second-order valence-corrected chi connectivity index (χ2v) is 7.99. The van der Waals surface area contributed by atoms with Gasteiger partial charge in [-0.15, -0.1) is 0 Å². The van der Waals surface area contributed by atoms with Crippen LogP contribution in [0.4, 0.5) is 0 Å². The van der Waals surface area contributed by atoms with Crippen LogP contribution in [-0.4, -0.2) is 5.78 Å². The highest BCUT2D eigenvalue weighted by atomic mass is 79.9. The van der Waals surface area contributed by atoms with Crippen LogP contribution < -0.4 is 0 Å². The van der Waals surface area contributed by atoms with Crippen LogP contribution in [0.1, 0.15) is 17.3 Å². The Kier molecular flexibility index (Phi) is 4.33. The van der Waals surface area contributed by atoms with Crippen molar-refractivity contribution in [3.05, 3.63) is 95.0 Å². The summed E-state index contributed by atoms with van der Waals surface area (Å²) < 4.78 is 7.14. The standard InChI is InChI=1S/C26H17BrO2/c1-16(28)24-15-17(27)13-14-20(24)18-7-2-3-8-19(18)22-10-6-11-23-21-9-4-5-12-25(21)29-26(22)23/h2-15H,1H3. The van der Waals surface area contributed by atoms with Crippen LogP contribution in [0.25, 0.3) is 44.2 Å². The molecule has 0 aliphatic rings. The number of halogens is 1. The first-order valence-corrected chi connectivity index (χ1v) is 10.2. The lowest BCUT2D eigenvalue weighted by Crippen LogP contribution is -1.97. The maximum atomic E-state index is 12.3. The molecular formula is C26H17BrO2. The van der Waals surface area contributed by atoms with Crippen LogP contribution >= 0.6 is 15.9 Å². The van der Waals surface area contributed by atoms with Crippen LogP contribution in [-0.2, 0) is 0 Å². The molecule has 1 heterocycles. The Bertz CT molecular complexity index is 1390. The Morgan fingerprint density at radius 3 is 2.17 bits per heavy atom. The van der Waals surface area contributed by atoms with E-state index in [1.807, 2.05) is 48.5 Å². The predicted molar refractivity (Wildman–Crippen MR) is 122 cm³/mol. The summed E-state index contributed by atoms with van der Waals surface area (Å²) >= 11 is 3.49. The summed E-state index contributed by atoms with van der Waals surface area (Å²) in [6.07, 6.45) is 0. The Balaban J connectivity index is 1.82. The van der Waals surface area contributed by atoms with Gasteiger partial charge < -0.3 is 4.42 Å². The van der Waals surface area contributed by atoms with E-state index >= 15 is 0 Å². The number of hydrogen-bond acceptors (Lipinski definition) is 2. The summed E-state index contributed by atoms with van der Waals surface area (Å²) in [5.41, 5.74) is 6.43. The SMILES string of the molecule is CC(=O)c1cc(Br)ccc1-c1ccccc1-c1cccc2c1oc1ccccc12. The zero-order valence-corrected chi connectivity index (χ0v) is 17.4. The molecule has 0 N–H and O–H groups in total. The number of rotatable bonds is 3. The van der Waals surface area contributed by atoms with E-state index in [0.29, 0.717) is 5.56 Å². The van der Waals surface area contributed by atoms with E-state index in [1.54, 1.807) is 6.92 Å². The molecule has 0 bridgehead atoms. The summed E-state index contributed by atoms with van der Waals surface area (Å²) in [5.74, 6) is 0.0399. The molecule has 0 amide bonds. The maximum absolute atomic E-state index is 12.3. The number of Topliss-reactive ketones (excluding diaryl/α,β-unsaturated/α-hetero) is 1. The smallest absolute Gasteiger partial charge is 0.160 e. The van der Waals surface area contributed by atoms with E-state index in [9.17, 15) is 4.79 Å². The van der Waals surface area contributed by atoms with Gasteiger partial charge in [0, 0.05) is 26.4 Å². The fourth-order valence-corrected chi connectivity index (χ4v) is 4.32.